The van der Waals surface area contributed by atoms with Gasteiger partial charge >= 0.3 is 0 Å². The fourth-order valence-corrected chi connectivity index (χ4v) is 1.28. The lowest BCUT2D eigenvalue weighted by Gasteiger charge is -2.03. The molecule has 1 atom stereocenters. The highest BCUT2D eigenvalue weighted by molar-refractivity contribution is 7.79. The maximum Gasteiger partial charge on any atom is 0.0894 e. The van der Waals surface area contributed by atoms with Crippen molar-refractivity contribution in [3.8, 4) is 0 Å². The van der Waals surface area contributed by atoms with E-state index < -0.39 is 11.1 Å². The average molecular weight is 181 g/mol. The summed E-state index contributed by atoms with van der Waals surface area (Å²) < 4.78 is 31.6. The van der Waals surface area contributed by atoms with Gasteiger partial charge in [-0.2, -0.15) is 0 Å². The number of rotatable bonds is 7. The second-order valence-electron chi connectivity index (χ2n) is 2.46. The van der Waals surface area contributed by atoms with Gasteiger partial charge in [-0.25, -0.2) is 0 Å². The molecule has 0 aliphatic heterocycles. The molecule has 0 aromatic rings. The molecule has 0 saturated carbocycles. The number of unbranched alkanes of at least 4 members (excludes halogenated alkanes) is 4. The molecule has 68 valence electrons. The SMILES string of the molecule is O=S([O-])CCCCCCCF. The third kappa shape index (κ3) is 10.0. The second kappa shape index (κ2) is 8.14. The van der Waals surface area contributed by atoms with Crippen molar-refractivity contribution in [2.45, 2.75) is 32.1 Å². The zero-order valence-corrected chi connectivity index (χ0v) is 7.37. The molecule has 0 aliphatic carbocycles. The third-order valence-electron chi connectivity index (χ3n) is 1.44. The highest BCUT2D eigenvalue weighted by atomic mass is 32.2. The van der Waals surface area contributed by atoms with Crippen LogP contribution in [0.3, 0.4) is 0 Å². The average Bonchev–Trinajstić information content (AvgIpc) is 1.96. The Morgan fingerprint density at radius 2 is 1.64 bits per heavy atom. The Hall–Kier alpha value is 0.0400. The van der Waals surface area contributed by atoms with Gasteiger partial charge in [0.05, 0.1) is 6.67 Å². The maximum atomic E-state index is 11.5. The zero-order chi connectivity index (χ0) is 8.53. The van der Waals surface area contributed by atoms with Crippen molar-refractivity contribution < 1.29 is 13.2 Å². The van der Waals surface area contributed by atoms with E-state index in [1.54, 1.807) is 0 Å². The van der Waals surface area contributed by atoms with Gasteiger partial charge in [-0.05, 0) is 12.8 Å². The molecular formula is C7H14FO2S-. The van der Waals surface area contributed by atoms with E-state index in [9.17, 15) is 13.2 Å². The minimum Gasteiger partial charge on any atom is -0.772 e. The topological polar surface area (TPSA) is 40.1 Å². The third-order valence-corrected chi connectivity index (χ3v) is 2.07. The number of hydrogen-bond acceptors (Lipinski definition) is 2. The van der Waals surface area contributed by atoms with E-state index in [0.29, 0.717) is 12.8 Å². The molecule has 0 N–H and O–H groups in total. The summed E-state index contributed by atoms with van der Waals surface area (Å²) in [6.45, 7) is -0.256. The lowest BCUT2D eigenvalue weighted by molar-refractivity contribution is 0.452. The van der Waals surface area contributed by atoms with Gasteiger partial charge < -0.3 is 4.55 Å². The Morgan fingerprint density at radius 1 is 1.09 bits per heavy atom. The first kappa shape index (κ1) is 11.0. The molecule has 0 amide bonds. The Kier molecular flexibility index (Phi) is 8.17. The largest absolute Gasteiger partial charge is 0.772 e. The van der Waals surface area contributed by atoms with Crippen LogP contribution in [0, 0.1) is 0 Å². The van der Waals surface area contributed by atoms with E-state index >= 15 is 0 Å². The molecule has 11 heavy (non-hydrogen) atoms. The van der Waals surface area contributed by atoms with E-state index in [0.717, 1.165) is 19.3 Å². The summed E-state index contributed by atoms with van der Waals surface area (Å²) in [7, 11) is 0. The fraction of sp³-hybridized carbons (Fsp3) is 1.00. The van der Waals surface area contributed by atoms with Gasteiger partial charge in [0.1, 0.15) is 0 Å². The van der Waals surface area contributed by atoms with Crippen LogP contribution in [0.15, 0.2) is 0 Å². The lowest BCUT2D eigenvalue weighted by atomic mass is 10.2. The Bertz CT molecular complexity index is 109. The van der Waals surface area contributed by atoms with Gasteiger partial charge in [0.2, 0.25) is 0 Å². The van der Waals surface area contributed by atoms with E-state index in [-0.39, 0.29) is 12.4 Å². The van der Waals surface area contributed by atoms with Crippen molar-refractivity contribution in [3.05, 3.63) is 0 Å². The highest BCUT2D eigenvalue weighted by Gasteiger charge is 1.89. The monoisotopic (exact) mass is 181 g/mol. The minimum absolute atomic E-state index is 0.246. The first-order valence-electron chi connectivity index (χ1n) is 3.89. The molecule has 2 nitrogen and oxygen atoms in total. The first-order chi connectivity index (χ1) is 5.27. The van der Waals surface area contributed by atoms with Gasteiger partial charge in [-0.1, -0.05) is 30.3 Å². The summed E-state index contributed by atoms with van der Waals surface area (Å²) in [6.07, 6.45) is 4.04. The van der Waals surface area contributed by atoms with Gasteiger partial charge in [-0.15, -0.1) is 0 Å². The van der Waals surface area contributed by atoms with E-state index in [1.807, 2.05) is 0 Å². The van der Waals surface area contributed by atoms with Crippen LogP contribution in [0.25, 0.3) is 0 Å². The Balaban J connectivity index is 2.85. The molecule has 0 aromatic heterocycles. The molecule has 0 radical (unpaired) electrons. The van der Waals surface area contributed by atoms with Crippen LogP contribution in [0.4, 0.5) is 4.39 Å². The maximum absolute atomic E-state index is 11.5. The molecule has 0 spiro atoms. The van der Waals surface area contributed by atoms with Crippen LogP contribution in [0.2, 0.25) is 0 Å². The summed E-state index contributed by atoms with van der Waals surface area (Å²) >= 11 is -1.90. The van der Waals surface area contributed by atoms with Gasteiger partial charge in [0.15, 0.2) is 0 Å². The Labute approximate surface area is 69.5 Å². The first-order valence-corrected chi connectivity index (χ1v) is 5.13. The molecule has 4 heteroatoms. The predicted molar refractivity (Wildman–Crippen MR) is 42.8 cm³/mol. The smallest absolute Gasteiger partial charge is 0.0894 e. The van der Waals surface area contributed by atoms with Crippen LogP contribution in [-0.2, 0) is 11.1 Å². The van der Waals surface area contributed by atoms with Crippen molar-refractivity contribution in [2.24, 2.45) is 0 Å². The number of alkyl halides is 1. The van der Waals surface area contributed by atoms with Crippen molar-refractivity contribution in [3.63, 3.8) is 0 Å². The summed E-state index contributed by atoms with van der Waals surface area (Å²) in [5.41, 5.74) is 0. The highest BCUT2D eigenvalue weighted by Crippen LogP contribution is 2.03. The lowest BCUT2D eigenvalue weighted by Crippen LogP contribution is -1.94. The zero-order valence-electron chi connectivity index (χ0n) is 6.55. The molecule has 0 aliphatic rings. The minimum atomic E-state index is -1.90. The molecule has 0 rings (SSSR count). The summed E-state index contributed by atoms with van der Waals surface area (Å²) in [5.74, 6) is 0.246. The quantitative estimate of drug-likeness (QED) is 0.443. The molecule has 0 saturated heterocycles. The Morgan fingerprint density at radius 3 is 2.18 bits per heavy atom. The predicted octanol–water partition coefficient (Wildman–Crippen LogP) is 1.79. The second-order valence-corrected chi connectivity index (χ2v) is 3.48. The van der Waals surface area contributed by atoms with Gasteiger partial charge in [0, 0.05) is 5.75 Å². The van der Waals surface area contributed by atoms with Crippen LogP contribution in [-0.4, -0.2) is 21.2 Å². The molecule has 0 aromatic carbocycles. The van der Waals surface area contributed by atoms with Gasteiger partial charge in [0.25, 0.3) is 0 Å². The van der Waals surface area contributed by atoms with E-state index in [1.165, 1.54) is 0 Å². The van der Waals surface area contributed by atoms with Crippen LogP contribution >= 0.6 is 0 Å². The van der Waals surface area contributed by atoms with Crippen molar-refractivity contribution >= 4 is 11.1 Å². The summed E-state index contributed by atoms with van der Waals surface area (Å²) in [5, 5.41) is 0. The molecule has 0 bridgehead atoms. The number of hydrogen-bond donors (Lipinski definition) is 0. The van der Waals surface area contributed by atoms with Crippen molar-refractivity contribution in [2.75, 3.05) is 12.4 Å². The van der Waals surface area contributed by atoms with Crippen molar-refractivity contribution in [1.29, 1.82) is 0 Å². The van der Waals surface area contributed by atoms with Crippen LogP contribution in [0.1, 0.15) is 32.1 Å². The van der Waals surface area contributed by atoms with Crippen LogP contribution < -0.4 is 0 Å². The molecule has 0 heterocycles. The van der Waals surface area contributed by atoms with Crippen LogP contribution in [0.5, 0.6) is 0 Å². The molecule has 1 unspecified atom stereocenters. The summed E-state index contributed by atoms with van der Waals surface area (Å²) in [6, 6.07) is 0. The van der Waals surface area contributed by atoms with Crippen molar-refractivity contribution in [1.82, 2.24) is 0 Å². The van der Waals surface area contributed by atoms with E-state index in [2.05, 4.69) is 0 Å². The molecular weight excluding hydrogens is 167 g/mol. The fourth-order valence-electron chi connectivity index (χ4n) is 0.845. The number of halogens is 1. The van der Waals surface area contributed by atoms with E-state index in [4.69, 9.17) is 0 Å². The normalized spacial score (nSPS) is 13.3. The summed E-state index contributed by atoms with van der Waals surface area (Å²) in [4.78, 5) is 0. The van der Waals surface area contributed by atoms with Gasteiger partial charge in [-0.3, -0.25) is 8.60 Å². The molecule has 0 fully saturated rings. The standard InChI is InChI=1S/C7H15FO2S/c8-6-4-2-1-3-5-7-11(9)10/h1-7H2,(H,9,10)/p-1.